The molecule has 0 aliphatic carbocycles. The lowest BCUT2D eigenvalue weighted by atomic mass is 10.2. The summed E-state index contributed by atoms with van der Waals surface area (Å²) >= 11 is 0. The molecule has 0 aliphatic heterocycles. The second-order valence-corrected chi connectivity index (χ2v) is 3.81. The van der Waals surface area contributed by atoms with E-state index in [0.29, 0.717) is 5.69 Å². The van der Waals surface area contributed by atoms with E-state index in [1.54, 1.807) is 10.7 Å². The lowest BCUT2D eigenvalue weighted by molar-refractivity contribution is 0.101. The molecule has 0 spiro atoms. The third kappa shape index (κ3) is 3.27. The van der Waals surface area contributed by atoms with Gasteiger partial charge in [0.25, 0.3) is 6.43 Å². The molecule has 5 heteroatoms. The van der Waals surface area contributed by atoms with E-state index in [1.807, 2.05) is 20.0 Å². The Kier molecular flexibility index (Phi) is 4.20. The van der Waals surface area contributed by atoms with Crippen molar-refractivity contribution in [3.05, 3.63) is 18.0 Å². The number of hydrogen-bond acceptors (Lipinski definition) is 2. The van der Waals surface area contributed by atoms with Gasteiger partial charge in [0.15, 0.2) is 0 Å². The minimum Gasteiger partial charge on any atom is -0.312 e. The minimum absolute atomic E-state index is 0.258. The van der Waals surface area contributed by atoms with Gasteiger partial charge in [-0.3, -0.25) is 4.68 Å². The third-order valence-corrected chi connectivity index (χ3v) is 2.30. The fourth-order valence-electron chi connectivity index (χ4n) is 1.32. The molecule has 1 N–H and O–H groups in total. The first-order chi connectivity index (χ1) is 7.04. The maximum absolute atomic E-state index is 12.5. The maximum atomic E-state index is 12.5. The number of hydrogen-bond donors (Lipinski definition) is 1. The molecule has 0 fully saturated rings. The quantitative estimate of drug-likeness (QED) is 0.815. The molecule has 0 radical (unpaired) electrons. The highest BCUT2D eigenvalue weighted by Gasteiger charge is 2.19. The van der Waals surface area contributed by atoms with Gasteiger partial charge in [-0.05, 0) is 27.0 Å². The highest BCUT2D eigenvalue weighted by molar-refractivity contribution is 5.02. The Morgan fingerprint density at radius 1 is 1.47 bits per heavy atom. The zero-order valence-electron chi connectivity index (χ0n) is 9.24. The molecule has 0 aromatic carbocycles. The van der Waals surface area contributed by atoms with Gasteiger partial charge in [0.1, 0.15) is 0 Å². The molecular weight excluding hydrogens is 200 g/mol. The molecule has 1 aromatic rings. The molecule has 1 atom stereocenters. The molecule has 86 valence electrons. The van der Waals surface area contributed by atoms with E-state index >= 15 is 0 Å². The Morgan fingerprint density at radius 2 is 2.13 bits per heavy atom. The predicted octanol–water partition coefficient (Wildman–Crippen LogP) is 1.86. The van der Waals surface area contributed by atoms with Crippen molar-refractivity contribution in [2.75, 3.05) is 7.05 Å². The Morgan fingerprint density at radius 3 is 2.53 bits per heavy atom. The summed E-state index contributed by atoms with van der Waals surface area (Å²) in [5, 5.41) is 6.81. The molecule has 1 heterocycles. The highest BCUT2D eigenvalue weighted by Crippen LogP contribution is 2.09. The van der Waals surface area contributed by atoms with Gasteiger partial charge < -0.3 is 5.32 Å². The van der Waals surface area contributed by atoms with Crippen LogP contribution >= 0.6 is 0 Å². The van der Waals surface area contributed by atoms with Crippen LogP contribution in [0.4, 0.5) is 8.78 Å². The number of nitrogens with zero attached hydrogens (tertiary/aromatic N) is 2. The van der Waals surface area contributed by atoms with Crippen molar-refractivity contribution in [3.8, 4) is 0 Å². The summed E-state index contributed by atoms with van der Waals surface area (Å²) in [6.45, 7) is 4.00. The van der Waals surface area contributed by atoms with Gasteiger partial charge in [0.2, 0.25) is 0 Å². The molecule has 0 saturated carbocycles. The molecule has 0 saturated heterocycles. The largest absolute Gasteiger partial charge is 0.312 e. The van der Waals surface area contributed by atoms with Crippen LogP contribution in [0.1, 0.15) is 25.6 Å². The minimum atomic E-state index is -2.36. The average molecular weight is 217 g/mol. The summed E-state index contributed by atoms with van der Waals surface area (Å²) in [4.78, 5) is 0. The fourth-order valence-corrected chi connectivity index (χ4v) is 1.32. The Balaban J connectivity index is 2.63. The first-order valence-electron chi connectivity index (χ1n) is 5.04. The normalized spacial score (nSPS) is 13.8. The molecule has 15 heavy (non-hydrogen) atoms. The molecule has 0 aliphatic rings. The predicted molar refractivity (Wildman–Crippen MR) is 55.2 cm³/mol. The fraction of sp³-hybridized carbons (Fsp3) is 0.700. The Bertz CT molecular complexity index is 297. The summed E-state index contributed by atoms with van der Waals surface area (Å²) in [6.07, 6.45) is -0.286. The summed E-state index contributed by atoms with van der Waals surface area (Å²) in [7, 11) is 1.54. The monoisotopic (exact) mass is 217 g/mol. The first kappa shape index (κ1) is 12.1. The molecule has 1 unspecified atom stereocenters. The second-order valence-electron chi connectivity index (χ2n) is 3.81. The van der Waals surface area contributed by atoms with Crippen LogP contribution in [0.3, 0.4) is 0 Å². The SMILES string of the molecule is CNC(Cc1ccn(C(C)C)n1)C(F)F. The maximum Gasteiger partial charge on any atom is 0.254 e. The molecule has 1 aromatic heterocycles. The van der Waals surface area contributed by atoms with Crippen molar-refractivity contribution < 1.29 is 8.78 Å². The van der Waals surface area contributed by atoms with E-state index in [9.17, 15) is 8.78 Å². The number of alkyl halides is 2. The van der Waals surface area contributed by atoms with Crippen LogP contribution in [-0.2, 0) is 6.42 Å². The van der Waals surface area contributed by atoms with E-state index in [-0.39, 0.29) is 12.5 Å². The van der Waals surface area contributed by atoms with Gasteiger partial charge in [-0.1, -0.05) is 0 Å². The molecule has 0 bridgehead atoms. The lowest BCUT2D eigenvalue weighted by Gasteiger charge is -2.13. The van der Waals surface area contributed by atoms with Crippen molar-refractivity contribution in [2.45, 2.75) is 38.8 Å². The van der Waals surface area contributed by atoms with Gasteiger partial charge in [-0.2, -0.15) is 5.10 Å². The zero-order valence-corrected chi connectivity index (χ0v) is 9.24. The molecule has 0 amide bonds. The van der Waals surface area contributed by atoms with E-state index in [4.69, 9.17) is 0 Å². The van der Waals surface area contributed by atoms with E-state index in [2.05, 4.69) is 10.4 Å². The van der Waals surface area contributed by atoms with E-state index in [0.717, 1.165) is 0 Å². The number of aromatic nitrogens is 2. The van der Waals surface area contributed by atoms with Crippen LogP contribution in [0.15, 0.2) is 12.3 Å². The van der Waals surface area contributed by atoms with Gasteiger partial charge in [0.05, 0.1) is 11.7 Å². The summed E-state index contributed by atoms with van der Waals surface area (Å²) < 4.78 is 26.7. The highest BCUT2D eigenvalue weighted by atomic mass is 19.3. The average Bonchev–Trinajstić information content (AvgIpc) is 2.61. The van der Waals surface area contributed by atoms with Crippen molar-refractivity contribution in [3.63, 3.8) is 0 Å². The Labute approximate surface area is 88.5 Å². The zero-order chi connectivity index (χ0) is 11.4. The van der Waals surface area contributed by atoms with Crippen LogP contribution in [0.25, 0.3) is 0 Å². The van der Waals surface area contributed by atoms with Gasteiger partial charge in [0, 0.05) is 18.7 Å². The van der Waals surface area contributed by atoms with Crippen LogP contribution in [0.5, 0.6) is 0 Å². The van der Waals surface area contributed by atoms with Crippen LogP contribution in [-0.4, -0.2) is 29.3 Å². The summed E-state index contributed by atoms with van der Waals surface area (Å²) in [5.74, 6) is 0. The Hall–Kier alpha value is -0.970. The standard InChI is InChI=1S/C10H17F2N3/c1-7(2)15-5-4-8(14-15)6-9(13-3)10(11)12/h4-5,7,9-10,13H,6H2,1-3H3. The summed E-state index contributed by atoms with van der Waals surface area (Å²) in [6, 6.07) is 1.23. The number of halogens is 2. The smallest absolute Gasteiger partial charge is 0.254 e. The van der Waals surface area contributed by atoms with Crippen LogP contribution in [0.2, 0.25) is 0 Å². The number of rotatable bonds is 5. The van der Waals surface area contributed by atoms with Crippen molar-refractivity contribution in [1.82, 2.24) is 15.1 Å². The molecular formula is C10H17F2N3. The van der Waals surface area contributed by atoms with Crippen LogP contribution in [0, 0.1) is 0 Å². The lowest BCUT2D eigenvalue weighted by Crippen LogP contribution is -2.34. The summed E-state index contributed by atoms with van der Waals surface area (Å²) in [5.41, 5.74) is 0.698. The first-order valence-corrected chi connectivity index (χ1v) is 5.04. The van der Waals surface area contributed by atoms with Gasteiger partial charge in [-0.25, -0.2) is 8.78 Å². The third-order valence-electron chi connectivity index (χ3n) is 2.30. The van der Waals surface area contributed by atoms with Gasteiger partial charge >= 0.3 is 0 Å². The van der Waals surface area contributed by atoms with Gasteiger partial charge in [-0.15, -0.1) is 0 Å². The van der Waals surface area contributed by atoms with Crippen molar-refractivity contribution >= 4 is 0 Å². The van der Waals surface area contributed by atoms with Crippen molar-refractivity contribution in [1.29, 1.82) is 0 Å². The van der Waals surface area contributed by atoms with E-state index in [1.165, 1.54) is 7.05 Å². The topological polar surface area (TPSA) is 29.9 Å². The van der Waals surface area contributed by atoms with E-state index < -0.39 is 12.5 Å². The molecule has 1 rings (SSSR count). The number of likely N-dealkylation sites (N-methyl/N-ethyl adjacent to an activating group) is 1. The second kappa shape index (κ2) is 5.21. The number of nitrogens with one attached hydrogen (secondary N) is 1. The van der Waals surface area contributed by atoms with Crippen molar-refractivity contribution in [2.24, 2.45) is 0 Å². The van der Waals surface area contributed by atoms with Crippen LogP contribution < -0.4 is 5.32 Å². The molecule has 3 nitrogen and oxygen atoms in total.